The van der Waals surface area contributed by atoms with Gasteiger partial charge in [-0.15, -0.1) is 0 Å². The first-order valence-electron chi connectivity index (χ1n) is 4.82. The second kappa shape index (κ2) is 3.46. The Morgan fingerprint density at radius 2 is 2.00 bits per heavy atom. The van der Waals surface area contributed by atoms with Crippen LogP contribution in [0.3, 0.4) is 0 Å². The van der Waals surface area contributed by atoms with E-state index in [9.17, 15) is 4.39 Å². The molecule has 3 nitrogen and oxygen atoms in total. The molecular formula is C11H14FN3. The van der Waals surface area contributed by atoms with E-state index in [4.69, 9.17) is 5.73 Å². The van der Waals surface area contributed by atoms with Crippen molar-refractivity contribution in [2.75, 3.05) is 18.6 Å². The molecule has 0 amide bonds. The summed E-state index contributed by atoms with van der Waals surface area (Å²) in [5.41, 5.74) is 8.12. The first kappa shape index (κ1) is 9.83. The maximum absolute atomic E-state index is 13.5. The zero-order valence-corrected chi connectivity index (χ0v) is 8.87. The summed E-state index contributed by atoms with van der Waals surface area (Å²) in [7, 11) is 1.88. The molecule has 80 valence electrons. The summed E-state index contributed by atoms with van der Waals surface area (Å²) in [6.07, 6.45) is 0. The van der Waals surface area contributed by atoms with Gasteiger partial charge in [0.05, 0.1) is 23.6 Å². The van der Waals surface area contributed by atoms with Gasteiger partial charge in [-0.1, -0.05) is 12.1 Å². The van der Waals surface area contributed by atoms with Gasteiger partial charge in [0, 0.05) is 7.05 Å². The van der Waals surface area contributed by atoms with Crippen LogP contribution in [0, 0.1) is 5.82 Å². The van der Waals surface area contributed by atoms with Gasteiger partial charge in [-0.05, 0) is 19.1 Å². The van der Waals surface area contributed by atoms with Crippen molar-refractivity contribution in [3.8, 4) is 0 Å². The largest absolute Gasteiger partial charge is 0.399 e. The zero-order valence-electron chi connectivity index (χ0n) is 8.87. The molecule has 1 heterocycles. The lowest BCUT2D eigenvalue weighted by Crippen LogP contribution is -2.34. The second-order valence-electron chi connectivity index (χ2n) is 3.64. The van der Waals surface area contributed by atoms with E-state index in [2.05, 4.69) is 0 Å². The predicted octanol–water partition coefficient (Wildman–Crippen LogP) is 1.68. The number of benzene rings is 1. The Bertz CT molecular complexity index is 414. The minimum Gasteiger partial charge on any atom is -0.399 e. The first-order valence-corrected chi connectivity index (χ1v) is 4.82. The Balaban J connectivity index is 2.33. The van der Waals surface area contributed by atoms with Gasteiger partial charge in [0.2, 0.25) is 0 Å². The molecule has 0 saturated carbocycles. The molecule has 1 aromatic rings. The third-order valence-electron chi connectivity index (χ3n) is 2.76. The molecule has 0 atom stereocenters. The van der Waals surface area contributed by atoms with Crippen molar-refractivity contribution in [2.45, 2.75) is 6.92 Å². The highest BCUT2D eigenvalue weighted by Gasteiger charge is 2.24. The SMILES string of the molecule is CC1=C(N)CN(c2ccccc2F)N1C. The summed E-state index contributed by atoms with van der Waals surface area (Å²) in [6, 6.07) is 6.69. The highest BCUT2D eigenvalue weighted by Crippen LogP contribution is 2.27. The molecule has 0 radical (unpaired) electrons. The number of hydrogen-bond acceptors (Lipinski definition) is 3. The molecular weight excluding hydrogens is 193 g/mol. The van der Waals surface area contributed by atoms with E-state index in [1.54, 1.807) is 12.1 Å². The summed E-state index contributed by atoms with van der Waals surface area (Å²) < 4.78 is 13.5. The van der Waals surface area contributed by atoms with Gasteiger partial charge in [0.15, 0.2) is 0 Å². The quantitative estimate of drug-likeness (QED) is 0.760. The van der Waals surface area contributed by atoms with Gasteiger partial charge in [-0.3, -0.25) is 10.0 Å². The minimum absolute atomic E-state index is 0.230. The monoisotopic (exact) mass is 207 g/mol. The molecule has 4 heteroatoms. The lowest BCUT2D eigenvalue weighted by atomic mass is 10.3. The van der Waals surface area contributed by atoms with Crippen LogP contribution in [0.2, 0.25) is 0 Å². The van der Waals surface area contributed by atoms with Gasteiger partial charge in [-0.2, -0.15) is 0 Å². The number of nitrogens with two attached hydrogens (primary N) is 1. The standard InChI is InChI=1S/C11H14FN3/c1-8-10(13)7-15(14(8)2)11-6-4-3-5-9(11)12/h3-6H,7,13H2,1-2H3. The molecule has 0 spiro atoms. The average Bonchev–Trinajstić information content (AvgIpc) is 2.47. The normalized spacial score (nSPS) is 16.5. The van der Waals surface area contributed by atoms with E-state index < -0.39 is 0 Å². The van der Waals surface area contributed by atoms with Crippen LogP contribution in [0.15, 0.2) is 35.7 Å². The van der Waals surface area contributed by atoms with Gasteiger partial charge >= 0.3 is 0 Å². The average molecular weight is 207 g/mol. The topological polar surface area (TPSA) is 32.5 Å². The Morgan fingerprint density at radius 3 is 2.53 bits per heavy atom. The second-order valence-corrected chi connectivity index (χ2v) is 3.64. The lowest BCUT2D eigenvalue weighted by molar-refractivity contribution is 0.415. The fourth-order valence-electron chi connectivity index (χ4n) is 1.68. The van der Waals surface area contributed by atoms with Crippen LogP contribution in [-0.2, 0) is 0 Å². The van der Waals surface area contributed by atoms with Crippen molar-refractivity contribution in [2.24, 2.45) is 5.73 Å². The van der Waals surface area contributed by atoms with Crippen molar-refractivity contribution in [3.05, 3.63) is 41.5 Å². The van der Waals surface area contributed by atoms with E-state index in [1.807, 2.05) is 30.1 Å². The van der Waals surface area contributed by atoms with E-state index in [0.717, 1.165) is 11.4 Å². The summed E-state index contributed by atoms with van der Waals surface area (Å²) in [6.45, 7) is 2.47. The maximum Gasteiger partial charge on any atom is 0.148 e. The molecule has 0 aromatic heterocycles. The smallest absolute Gasteiger partial charge is 0.148 e. The first-order chi connectivity index (χ1) is 7.11. The molecule has 0 aliphatic carbocycles. The number of allylic oxidation sites excluding steroid dienone is 1. The van der Waals surface area contributed by atoms with Crippen LogP contribution < -0.4 is 10.7 Å². The number of halogens is 1. The van der Waals surface area contributed by atoms with Crippen LogP contribution in [0.1, 0.15) is 6.92 Å². The minimum atomic E-state index is -0.230. The number of para-hydroxylation sites is 1. The van der Waals surface area contributed by atoms with Crippen molar-refractivity contribution < 1.29 is 4.39 Å². The zero-order chi connectivity index (χ0) is 11.0. The molecule has 2 rings (SSSR count). The summed E-state index contributed by atoms with van der Waals surface area (Å²) in [5.74, 6) is -0.230. The Hall–Kier alpha value is -1.71. The fourth-order valence-corrected chi connectivity index (χ4v) is 1.68. The molecule has 1 aliphatic heterocycles. The molecule has 0 bridgehead atoms. The highest BCUT2D eigenvalue weighted by molar-refractivity contribution is 5.50. The fraction of sp³-hybridized carbons (Fsp3) is 0.273. The molecule has 1 aliphatic rings. The van der Waals surface area contributed by atoms with Crippen LogP contribution in [0.4, 0.5) is 10.1 Å². The number of hydrazine groups is 1. The molecule has 0 saturated heterocycles. The predicted molar refractivity (Wildman–Crippen MR) is 58.4 cm³/mol. The molecule has 2 N–H and O–H groups in total. The summed E-state index contributed by atoms with van der Waals surface area (Å²) in [5, 5.41) is 3.69. The van der Waals surface area contributed by atoms with Crippen LogP contribution >= 0.6 is 0 Å². The number of anilines is 1. The van der Waals surface area contributed by atoms with Crippen molar-refractivity contribution >= 4 is 5.69 Å². The Morgan fingerprint density at radius 1 is 1.33 bits per heavy atom. The van der Waals surface area contributed by atoms with Crippen LogP contribution in [0.5, 0.6) is 0 Å². The van der Waals surface area contributed by atoms with Crippen LogP contribution in [-0.4, -0.2) is 18.6 Å². The van der Waals surface area contributed by atoms with Gasteiger partial charge in [0.25, 0.3) is 0 Å². The van der Waals surface area contributed by atoms with E-state index in [-0.39, 0.29) is 5.82 Å². The molecule has 0 unspecified atom stereocenters. The van der Waals surface area contributed by atoms with Gasteiger partial charge in [-0.25, -0.2) is 4.39 Å². The number of rotatable bonds is 1. The third kappa shape index (κ3) is 1.52. The number of nitrogens with zero attached hydrogens (tertiary/aromatic N) is 2. The van der Waals surface area contributed by atoms with E-state index in [1.165, 1.54) is 6.07 Å². The van der Waals surface area contributed by atoms with Crippen molar-refractivity contribution in [3.63, 3.8) is 0 Å². The number of hydrogen-bond donors (Lipinski definition) is 1. The molecule has 15 heavy (non-hydrogen) atoms. The molecule has 0 fully saturated rings. The van der Waals surface area contributed by atoms with E-state index in [0.29, 0.717) is 12.2 Å². The Kier molecular flexibility index (Phi) is 2.26. The third-order valence-corrected chi connectivity index (χ3v) is 2.76. The Labute approximate surface area is 88.6 Å². The lowest BCUT2D eigenvalue weighted by Gasteiger charge is -2.29. The van der Waals surface area contributed by atoms with Crippen molar-refractivity contribution in [1.29, 1.82) is 0 Å². The van der Waals surface area contributed by atoms with Gasteiger partial charge in [0.1, 0.15) is 5.82 Å². The summed E-state index contributed by atoms with van der Waals surface area (Å²) in [4.78, 5) is 0. The molecule has 1 aromatic carbocycles. The van der Waals surface area contributed by atoms with Crippen LogP contribution in [0.25, 0.3) is 0 Å². The highest BCUT2D eigenvalue weighted by atomic mass is 19.1. The van der Waals surface area contributed by atoms with E-state index >= 15 is 0 Å². The van der Waals surface area contributed by atoms with Gasteiger partial charge < -0.3 is 5.73 Å². The summed E-state index contributed by atoms with van der Waals surface area (Å²) >= 11 is 0. The maximum atomic E-state index is 13.5. The van der Waals surface area contributed by atoms with Crippen molar-refractivity contribution in [1.82, 2.24) is 5.01 Å².